The minimum absolute atomic E-state index is 0.0944. The molecular formula is C18H22N2O3. The van der Waals surface area contributed by atoms with Crippen LogP contribution in [0.4, 0.5) is 4.79 Å². The Bertz CT molecular complexity index is 575. The van der Waals surface area contributed by atoms with Crippen molar-refractivity contribution in [2.45, 2.75) is 25.5 Å². The number of benzene rings is 2. The fraction of sp³-hybridized carbons (Fsp3) is 0.278. The van der Waals surface area contributed by atoms with Gasteiger partial charge in [0.25, 0.3) is 0 Å². The van der Waals surface area contributed by atoms with Crippen LogP contribution in [0.15, 0.2) is 60.7 Å². The lowest BCUT2D eigenvalue weighted by Crippen LogP contribution is -2.38. The van der Waals surface area contributed by atoms with Gasteiger partial charge in [0, 0.05) is 6.61 Å². The van der Waals surface area contributed by atoms with E-state index in [1.807, 2.05) is 60.7 Å². The van der Waals surface area contributed by atoms with Crippen LogP contribution in [0.1, 0.15) is 30.0 Å². The summed E-state index contributed by atoms with van der Waals surface area (Å²) in [5, 5.41) is 11.9. The van der Waals surface area contributed by atoms with E-state index in [1.54, 1.807) is 0 Å². The summed E-state index contributed by atoms with van der Waals surface area (Å²) in [4.78, 5) is 17.2. The molecule has 0 aliphatic carbocycles. The summed E-state index contributed by atoms with van der Waals surface area (Å²) in [7, 11) is 0. The van der Waals surface area contributed by atoms with E-state index in [2.05, 4.69) is 10.8 Å². The monoisotopic (exact) mass is 314 g/mol. The molecule has 0 spiro atoms. The van der Waals surface area contributed by atoms with Crippen LogP contribution >= 0.6 is 0 Å². The highest BCUT2D eigenvalue weighted by molar-refractivity contribution is 5.73. The van der Waals surface area contributed by atoms with Gasteiger partial charge in [-0.15, -0.1) is 0 Å². The van der Waals surface area contributed by atoms with Gasteiger partial charge in [-0.1, -0.05) is 60.7 Å². The molecule has 0 saturated carbocycles. The van der Waals surface area contributed by atoms with E-state index in [-0.39, 0.29) is 12.6 Å². The van der Waals surface area contributed by atoms with Gasteiger partial charge in [-0.25, -0.2) is 10.3 Å². The summed E-state index contributed by atoms with van der Waals surface area (Å²) in [6.07, 6.45) is 1.28. The highest BCUT2D eigenvalue weighted by Gasteiger charge is 2.14. The number of hydroxylamine groups is 1. The molecule has 0 aliphatic heterocycles. The number of hydrogen-bond donors (Lipinski definition) is 3. The van der Waals surface area contributed by atoms with Crippen molar-refractivity contribution in [1.82, 2.24) is 10.8 Å². The maximum Gasteiger partial charge on any atom is 0.339 e. The third kappa shape index (κ3) is 6.10. The number of hydrogen-bond acceptors (Lipinski definition) is 3. The first-order valence-electron chi connectivity index (χ1n) is 7.67. The molecule has 5 nitrogen and oxygen atoms in total. The highest BCUT2D eigenvalue weighted by Crippen LogP contribution is 2.17. The van der Waals surface area contributed by atoms with Gasteiger partial charge < -0.3 is 10.4 Å². The van der Waals surface area contributed by atoms with Gasteiger partial charge in [0.05, 0.1) is 12.6 Å². The first-order chi connectivity index (χ1) is 11.3. The minimum Gasteiger partial charge on any atom is -0.396 e. The summed E-state index contributed by atoms with van der Waals surface area (Å²) in [5.41, 5.74) is 4.37. The van der Waals surface area contributed by atoms with E-state index >= 15 is 0 Å². The number of amides is 2. The molecule has 0 bridgehead atoms. The van der Waals surface area contributed by atoms with Crippen LogP contribution in [0.5, 0.6) is 0 Å². The van der Waals surface area contributed by atoms with Gasteiger partial charge in [0.15, 0.2) is 0 Å². The zero-order chi connectivity index (χ0) is 16.3. The second kappa shape index (κ2) is 9.61. The van der Waals surface area contributed by atoms with E-state index in [0.717, 1.165) is 11.1 Å². The fourth-order valence-electron chi connectivity index (χ4n) is 2.25. The molecule has 0 aliphatic rings. The molecule has 2 rings (SSSR count). The van der Waals surface area contributed by atoms with Crippen LogP contribution in [-0.2, 0) is 11.4 Å². The number of carbonyl (C=O) groups excluding carboxylic acids is 1. The summed E-state index contributed by atoms with van der Waals surface area (Å²) in [6, 6.07) is 18.7. The summed E-state index contributed by atoms with van der Waals surface area (Å²) in [6.45, 7) is 0.401. The van der Waals surface area contributed by atoms with Crippen molar-refractivity contribution in [2.24, 2.45) is 0 Å². The maximum atomic E-state index is 12.0. The summed E-state index contributed by atoms with van der Waals surface area (Å²) in [5.74, 6) is 0. The predicted molar refractivity (Wildman–Crippen MR) is 88.4 cm³/mol. The minimum atomic E-state index is -0.396. The molecule has 2 aromatic carbocycles. The third-order valence-corrected chi connectivity index (χ3v) is 3.40. The van der Waals surface area contributed by atoms with Gasteiger partial charge in [0.2, 0.25) is 0 Å². The topological polar surface area (TPSA) is 70.6 Å². The predicted octanol–water partition coefficient (Wildman–Crippen LogP) is 2.93. The molecule has 0 heterocycles. The molecule has 0 saturated heterocycles. The van der Waals surface area contributed by atoms with Crippen molar-refractivity contribution in [3.63, 3.8) is 0 Å². The van der Waals surface area contributed by atoms with Crippen molar-refractivity contribution in [1.29, 1.82) is 0 Å². The molecule has 2 aromatic rings. The van der Waals surface area contributed by atoms with Crippen LogP contribution < -0.4 is 10.8 Å². The quantitative estimate of drug-likeness (QED) is 0.656. The number of urea groups is 1. The summed E-state index contributed by atoms with van der Waals surface area (Å²) < 4.78 is 0. The van der Waals surface area contributed by atoms with Crippen LogP contribution in [0.25, 0.3) is 0 Å². The molecular weight excluding hydrogens is 292 g/mol. The summed E-state index contributed by atoms with van der Waals surface area (Å²) >= 11 is 0. The van der Waals surface area contributed by atoms with Crippen LogP contribution in [-0.4, -0.2) is 17.7 Å². The molecule has 122 valence electrons. The Labute approximate surface area is 136 Å². The Morgan fingerprint density at radius 3 is 2.35 bits per heavy atom. The Morgan fingerprint density at radius 2 is 1.70 bits per heavy atom. The van der Waals surface area contributed by atoms with E-state index in [1.165, 1.54) is 0 Å². The molecule has 1 atom stereocenters. The largest absolute Gasteiger partial charge is 0.396 e. The number of nitrogens with one attached hydrogen (secondary N) is 2. The van der Waals surface area contributed by atoms with E-state index < -0.39 is 6.03 Å². The number of carbonyl (C=O) groups is 1. The normalized spacial score (nSPS) is 11.7. The van der Waals surface area contributed by atoms with E-state index in [0.29, 0.717) is 19.4 Å². The molecule has 3 N–H and O–H groups in total. The van der Waals surface area contributed by atoms with E-state index in [4.69, 9.17) is 9.94 Å². The average Bonchev–Trinajstić information content (AvgIpc) is 2.60. The second-order valence-electron chi connectivity index (χ2n) is 5.18. The fourth-order valence-corrected chi connectivity index (χ4v) is 2.25. The average molecular weight is 314 g/mol. The lowest BCUT2D eigenvalue weighted by Gasteiger charge is -2.19. The first kappa shape index (κ1) is 17.0. The molecule has 0 fully saturated rings. The lowest BCUT2D eigenvalue weighted by molar-refractivity contribution is 0.0479. The van der Waals surface area contributed by atoms with Crippen LogP contribution in [0.2, 0.25) is 0 Å². The Kier molecular flexibility index (Phi) is 7.10. The molecule has 1 unspecified atom stereocenters. The number of rotatable bonds is 8. The third-order valence-electron chi connectivity index (χ3n) is 3.40. The van der Waals surface area contributed by atoms with Crippen molar-refractivity contribution in [3.8, 4) is 0 Å². The van der Waals surface area contributed by atoms with Crippen LogP contribution in [0.3, 0.4) is 0 Å². The standard InChI is InChI=1S/C18H22N2O3/c21-13-7-12-17(16-10-5-2-6-11-16)19-18(22)20-23-14-15-8-3-1-4-9-15/h1-6,8-11,17,21H,7,12-14H2,(H2,19,20,22). The van der Waals surface area contributed by atoms with Crippen molar-refractivity contribution >= 4 is 6.03 Å². The van der Waals surface area contributed by atoms with Gasteiger partial charge in [-0.05, 0) is 24.0 Å². The maximum absolute atomic E-state index is 12.0. The Hall–Kier alpha value is -2.37. The van der Waals surface area contributed by atoms with Crippen molar-refractivity contribution < 1.29 is 14.7 Å². The SMILES string of the molecule is O=C(NOCc1ccccc1)NC(CCCO)c1ccccc1. The first-order valence-corrected chi connectivity index (χ1v) is 7.67. The molecule has 0 aromatic heterocycles. The number of aliphatic hydroxyl groups is 1. The van der Waals surface area contributed by atoms with Gasteiger partial charge >= 0.3 is 6.03 Å². The Morgan fingerprint density at radius 1 is 1.04 bits per heavy atom. The van der Waals surface area contributed by atoms with Crippen LogP contribution in [0, 0.1) is 0 Å². The molecule has 0 radical (unpaired) electrons. The zero-order valence-corrected chi connectivity index (χ0v) is 12.9. The molecule has 2 amide bonds. The Balaban J connectivity index is 1.82. The second-order valence-corrected chi connectivity index (χ2v) is 5.18. The van der Waals surface area contributed by atoms with E-state index in [9.17, 15) is 4.79 Å². The van der Waals surface area contributed by atoms with Crippen molar-refractivity contribution in [3.05, 3.63) is 71.8 Å². The van der Waals surface area contributed by atoms with Gasteiger partial charge in [0.1, 0.15) is 0 Å². The highest BCUT2D eigenvalue weighted by atomic mass is 16.7. The van der Waals surface area contributed by atoms with Crippen molar-refractivity contribution in [2.75, 3.05) is 6.61 Å². The molecule has 5 heteroatoms. The molecule has 23 heavy (non-hydrogen) atoms. The van der Waals surface area contributed by atoms with Gasteiger partial charge in [-0.3, -0.25) is 4.84 Å². The zero-order valence-electron chi connectivity index (χ0n) is 12.9. The number of aliphatic hydroxyl groups excluding tert-OH is 1. The smallest absolute Gasteiger partial charge is 0.339 e. The van der Waals surface area contributed by atoms with Gasteiger partial charge in [-0.2, -0.15) is 0 Å². The lowest BCUT2D eigenvalue weighted by atomic mass is 10.0.